The van der Waals surface area contributed by atoms with Gasteiger partial charge in [-0.25, -0.2) is 0 Å². The molecule has 100 valence electrons. The van der Waals surface area contributed by atoms with Crippen LogP contribution < -0.4 is 11.1 Å². The highest BCUT2D eigenvalue weighted by Crippen LogP contribution is 2.20. The molecule has 0 saturated carbocycles. The Bertz CT molecular complexity index is 603. The molecule has 0 aliphatic rings. The number of hydrogen-bond acceptors (Lipinski definition) is 4. The molecule has 0 unspecified atom stereocenters. The number of anilines is 1. The summed E-state index contributed by atoms with van der Waals surface area (Å²) in [6.07, 6.45) is 0. The number of aromatic nitrogens is 1. The van der Waals surface area contributed by atoms with Gasteiger partial charge in [-0.05, 0) is 48.0 Å². The van der Waals surface area contributed by atoms with E-state index in [9.17, 15) is 4.79 Å². The van der Waals surface area contributed by atoms with Crippen LogP contribution in [0.15, 0.2) is 27.2 Å². The average molecular weight is 324 g/mol. The molecule has 2 rings (SSSR count). The van der Waals surface area contributed by atoms with Crippen molar-refractivity contribution in [1.82, 2.24) is 10.5 Å². The molecule has 1 amide bonds. The highest BCUT2D eigenvalue weighted by atomic mass is 79.9. The van der Waals surface area contributed by atoms with Crippen molar-refractivity contribution in [2.24, 2.45) is 0 Å². The van der Waals surface area contributed by atoms with Crippen LogP contribution >= 0.6 is 15.9 Å². The molecule has 5 nitrogen and oxygen atoms in total. The van der Waals surface area contributed by atoms with Gasteiger partial charge in [0.15, 0.2) is 0 Å². The van der Waals surface area contributed by atoms with Crippen LogP contribution in [-0.4, -0.2) is 11.1 Å². The monoisotopic (exact) mass is 323 g/mol. The minimum Gasteiger partial charge on any atom is -0.399 e. The highest BCUT2D eigenvalue weighted by Gasteiger charge is 2.13. The first-order chi connectivity index (χ1) is 8.99. The molecule has 0 fully saturated rings. The summed E-state index contributed by atoms with van der Waals surface area (Å²) in [7, 11) is 0. The summed E-state index contributed by atoms with van der Waals surface area (Å²) < 4.78 is 5.75. The van der Waals surface area contributed by atoms with Crippen molar-refractivity contribution in [3.63, 3.8) is 0 Å². The zero-order valence-electron chi connectivity index (χ0n) is 10.7. The van der Waals surface area contributed by atoms with Gasteiger partial charge in [-0.3, -0.25) is 4.79 Å². The predicted octanol–water partition coefficient (Wildman–Crippen LogP) is 2.57. The third-order valence-corrected chi connectivity index (χ3v) is 3.53. The number of halogens is 1. The maximum atomic E-state index is 12.1. The molecule has 0 aliphatic carbocycles. The number of amides is 1. The van der Waals surface area contributed by atoms with Crippen LogP contribution in [0.4, 0.5) is 5.69 Å². The lowest BCUT2D eigenvalue weighted by Gasteiger charge is -2.07. The van der Waals surface area contributed by atoms with Crippen LogP contribution in [0.1, 0.15) is 27.4 Å². The van der Waals surface area contributed by atoms with Crippen molar-refractivity contribution in [2.45, 2.75) is 20.4 Å². The quantitative estimate of drug-likeness (QED) is 0.850. The van der Waals surface area contributed by atoms with Gasteiger partial charge >= 0.3 is 0 Å². The molecule has 1 aromatic carbocycles. The van der Waals surface area contributed by atoms with Gasteiger partial charge in [0.05, 0.1) is 11.3 Å². The minimum absolute atomic E-state index is 0.195. The molecule has 6 heteroatoms. The molecule has 19 heavy (non-hydrogen) atoms. The lowest BCUT2D eigenvalue weighted by atomic mass is 10.1. The van der Waals surface area contributed by atoms with E-state index in [1.807, 2.05) is 13.8 Å². The number of nitrogens with one attached hydrogen (secondary N) is 1. The van der Waals surface area contributed by atoms with Gasteiger partial charge in [-0.2, -0.15) is 0 Å². The predicted molar refractivity (Wildman–Crippen MR) is 75.7 cm³/mol. The van der Waals surface area contributed by atoms with Gasteiger partial charge < -0.3 is 15.6 Å². The average Bonchev–Trinajstić information content (AvgIpc) is 2.69. The highest BCUT2D eigenvalue weighted by molar-refractivity contribution is 9.10. The van der Waals surface area contributed by atoms with E-state index in [0.29, 0.717) is 28.0 Å². The SMILES string of the molecule is Cc1noc(C)c1CNC(=O)c1cc(N)ccc1Br. The molecule has 3 N–H and O–H groups in total. The Morgan fingerprint density at radius 2 is 2.21 bits per heavy atom. The fourth-order valence-electron chi connectivity index (χ4n) is 1.74. The van der Waals surface area contributed by atoms with Crippen LogP contribution in [-0.2, 0) is 6.54 Å². The van der Waals surface area contributed by atoms with Gasteiger partial charge in [0, 0.05) is 22.3 Å². The van der Waals surface area contributed by atoms with E-state index in [1.165, 1.54) is 0 Å². The Hall–Kier alpha value is -1.82. The molecule has 0 bridgehead atoms. The van der Waals surface area contributed by atoms with Crippen molar-refractivity contribution < 1.29 is 9.32 Å². The minimum atomic E-state index is -0.195. The zero-order chi connectivity index (χ0) is 14.0. The number of nitrogens with zero attached hydrogens (tertiary/aromatic N) is 1. The van der Waals surface area contributed by atoms with Crippen molar-refractivity contribution in [3.05, 3.63) is 45.3 Å². The van der Waals surface area contributed by atoms with E-state index in [4.69, 9.17) is 10.3 Å². The number of nitrogens with two attached hydrogens (primary N) is 1. The van der Waals surface area contributed by atoms with E-state index in [0.717, 1.165) is 11.3 Å². The number of rotatable bonds is 3. The topological polar surface area (TPSA) is 81.2 Å². The van der Waals surface area contributed by atoms with Gasteiger partial charge in [0.25, 0.3) is 5.91 Å². The lowest BCUT2D eigenvalue weighted by Crippen LogP contribution is -2.23. The number of aryl methyl sites for hydroxylation is 2. The standard InChI is InChI=1S/C13H14BrN3O2/c1-7-11(8(2)19-17-7)6-16-13(18)10-5-9(15)3-4-12(10)14/h3-5H,6,15H2,1-2H3,(H,16,18). The molecular weight excluding hydrogens is 310 g/mol. The van der Waals surface area contributed by atoms with Crippen LogP contribution in [0.2, 0.25) is 0 Å². The second-order valence-electron chi connectivity index (χ2n) is 4.22. The fourth-order valence-corrected chi connectivity index (χ4v) is 2.16. The number of benzene rings is 1. The molecule has 0 radical (unpaired) electrons. The van der Waals surface area contributed by atoms with Crippen LogP contribution in [0.5, 0.6) is 0 Å². The summed E-state index contributed by atoms with van der Waals surface area (Å²) in [5.41, 5.74) is 8.41. The molecule has 0 spiro atoms. The summed E-state index contributed by atoms with van der Waals surface area (Å²) in [6.45, 7) is 4.04. The number of hydrogen-bond donors (Lipinski definition) is 2. The number of carbonyl (C=O) groups is 1. The summed E-state index contributed by atoms with van der Waals surface area (Å²) in [5.74, 6) is 0.517. The Labute approximate surface area is 119 Å². The summed E-state index contributed by atoms with van der Waals surface area (Å²) in [6, 6.07) is 5.11. The van der Waals surface area contributed by atoms with E-state index in [-0.39, 0.29) is 5.91 Å². The molecule has 0 saturated heterocycles. The van der Waals surface area contributed by atoms with E-state index in [1.54, 1.807) is 18.2 Å². The second-order valence-corrected chi connectivity index (χ2v) is 5.08. The Morgan fingerprint density at radius 3 is 2.84 bits per heavy atom. The Morgan fingerprint density at radius 1 is 1.47 bits per heavy atom. The molecule has 0 aliphatic heterocycles. The first-order valence-corrected chi connectivity index (χ1v) is 6.53. The van der Waals surface area contributed by atoms with Crippen LogP contribution in [0, 0.1) is 13.8 Å². The first-order valence-electron chi connectivity index (χ1n) is 5.74. The van der Waals surface area contributed by atoms with Crippen LogP contribution in [0.3, 0.4) is 0 Å². The Kier molecular flexibility index (Phi) is 3.90. The fraction of sp³-hybridized carbons (Fsp3) is 0.231. The van der Waals surface area contributed by atoms with E-state index in [2.05, 4.69) is 26.4 Å². The molecule has 1 aromatic heterocycles. The maximum Gasteiger partial charge on any atom is 0.252 e. The molecule has 1 heterocycles. The number of carbonyl (C=O) groups excluding carboxylic acids is 1. The summed E-state index contributed by atoms with van der Waals surface area (Å²) in [5, 5.41) is 6.67. The maximum absolute atomic E-state index is 12.1. The summed E-state index contributed by atoms with van der Waals surface area (Å²) in [4.78, 5) is 12.1. The van der Waals surface area contributed by atoms with Crippen molar-refractivity contribution in [3.8, 4) is 0 Å². The Balaban J connectivity index is 2.12. The molecule has 2 aromatic rings. The van der Waals surface area contributed by atoms with Gasteiger partial charge in [0.2, 0.25) is 0 Å². The van der Waals surface area contributed by atoms with Crippen LogP contribution in [0.25, 0.3) is 0 Å². The molecule has 0 atom stereocenters. The second kappa shape index (κ2) is 5.44. The first kappa shape index (κ1) is 13.6. The van der Waals surface area contributed by atoms with Crippen molar-refractivity contribution >= 4 is 27.5 Å². The normalized spacial score (nSPS) is 10.5. The van der Waals surface area contributed by atoms with Gasteiger partial charge in [-0.1, -0.05) is 5.16 Å². The number of nitrogen functional groups attached to an aromatic ring is 1. The zero-order valence-corrected chi connectivity index (χ0v) is 12.2. The van der Waals surface area contributed by atoms with Crippen molar-refractivity contribution in [2.75, 3.05) is 5.73 Å². The van der Waals surface area contributed by atoms with Gasteiger partial charge in [-0.15, -0.1) is 0 Å². The van der Waals surface area contributed by atoms with Crippen molar-refractivity contribution in [1.29, 1.82) is 0 Å². The molecular formula is C13H14BrN3O2. The lowest BCUT2D eigenvalue weighted by molar-refractivity contribution is 0.0950. The third kappa shape index (κ3) is 2.96. The van der Waals surface area contributed by atoms with E-state index >= 15 is 0 Å². The van der Waals surface area contributed by atoms with Gasteiger partial charge in [0.1, 0.15) is 5.76 Å². The van der Waals surface area contributed by atoms with E-state index < -0.39 is 0 Å². The summed E-state index contributed by atoms with van der Waals surface area (Å²) >= 11 is 3.33. The smallest absolute Gasteiger partial charge is 0.252 e. The largest absolute Gasteiger partial charge is 0.399 e. The third-order valence-electron chi connectivity index (χ3n) is 2.84.